The van der Waals surface area contributed by atoms with E-state index >= 15 is 0 Å². The summed E-state index contributed by atoms with van der Waals surface area (Å²) in [7, 11) is 0. The van der Waals surface area contributed by atoms with Gasteiger partial charge in [0, 0.05) is 12.1 Å². The third-order valence-electron chi connectivity index (χ3n) is 5.18. The summed E-state index contributed by atoms with van der Waals surface area (Å²) in [5, 5.41) is 3.55. The van der Waals surface area contributed by atoms with Crippen LogP contribution in [0.15, 0.2) is 51.0 Å². The van der Waals surface area contributed by atoms with E-state index in [2.05, 4.69) is 17.2 Å². The van der Waals surface area contributed by atoms with Crippen molar-refractivity contribution in [3.8, 4) is 0 Å². The molecule has 1 aromatic carbocycles. The first-order valence-corrected chi connectivity index (χ1v) is 12.6. The number of ketones is 1. The average Bonchev–Trinajstić information content (AvgIpc) is 3.36. The maximum absolute atomic E-state index is 13.3. The van der Waals surface area contributed by atoms with Crippen molar-refractivity contribution in [3.63, 3.8) is 0 Å². The van der Waals surface area contributed by atoms with Crippen molar-refractivity contribution in [1.82, 2.24) is 14.9 Å². The van der Waals surface area contributed by atoms with Gasteiger partial charge in [-0.25, -0.2) is 4.98 Å². The molecule has 0 unspecified atom stereocenters. The number of thioether (sulfide) groups is 1. The Kier molecular flexibility index (Phi) is 9.66. The van der Waals surface area contributed by atoms with Crippen molar-refractivity contribution in [2.45, 2.75) is 57.8 Å². The minimum Gasteiger partial charge on any atom is -0.467 e. The summed E-state index contributed by atoms with van der Waals surface area (Å²) in [4.78, 5) is 54.3. The second-order valence-electron chi connectivity index (χ2n) is 7.86. The molecule has 0 aliphatic rings. The van der Waals surface area contributed by atoms with Gasteiger partial charge in [-0.1, -0.05) is 31.5 Å². The maximum Gasteiger partial charge on any atom is 0.313 e. The molecule has 1 N–H and O–H groups in total. The Bertz CT molecular complexity index is 1240. The van der Waals surface area contributed by atoms with Gasteiger partial charge in [0.2, 0.25) is 0 Å². The van der Waals surface area contributed by atoms with Crippen LogP contribution in [0.2, 0.25) is 0 Å². The summed E-state index contributed by atoms with van der Waals surface area (Å²) in [6.07, 6.45) is 3.94. The number of carbonyl (C=O) groups is 3. The molecule has 0 aliphatic carbocycles. The summed E-state index contributed by atoms with van der Waals surface area (Å²) in [5.74, 6) is -0.605. The molecule has 0 saturated carbocycles. The van der Waals surface area contributed by atoms with Gasteiger partial charge in [-0.3, -0.25) is 23.7 Å². The Morgan fingerprint density at radius 1 is 1.17 bits per heavy atom. The van der Waals surface area contributed by atoms with Crippen LogP contribution in [0, 0.1) is 0 Å². The topological polar surface area (TPSA) is 120 Å². The highest BCUT2D eigenvalue weighted by atomic mass is 32.2. The molecule has 0 aliphatic heterocycles. The number of rotatable bonds is 13. The first-order valence-electron chi connectivity index (χ1n) is 11.6. The molecule has 0 fully saturated rings. The molecule has 2 heterocycles. The predicted molar refractivity (Wildman–Crippen MR) is 132 cm³/mol. The normalized spacial score (nSPS) is 10.9. The number of furan rings is 1. The Labute approximate surface area is 207 Å². The van der Waals surface area contributed by atoms with Gasteiger partial charge in [-0.05, 0) is 43.7 Å². The van der Waals surface area contributed by atoms with Gasteiger partial charge in [0.1, 0.15) is 12.2 Å². The molecule has 35 heavy (non-hydrogen) atoms. The summed E-state index contributed by atoms with van der Waals surface area (Å²) in [6.45, 7) is 4.66. The van der Waals surface area contributed by atoms with Gasteiger partial charge < -0.3 is 14.5 Å². The van der Waals surface area contributed by atoms with Crippen LogP contribution in [0.5, 0.6) is 0 Å². The largest absolute Gasteiger partial charge is 0.467 e. The van der Waals surface area contributed by atoms with Crippen molar-refractivity contribution >= 4 is 40.3 Å². The Balaban J connectivity index is 1.84. The first kappa shape index (κ1) is 26.2. The molecule has 10 heteroatoms. The number of unbranched alkanes of at least 4 members (excludes halogenated alkanes) is 2. The summed E-state index contributed by atoms with van der Waals surface area (Å²) in [5.41, 5.74) is 0.496. The van der Waals surface area contributed by atoms with Crippen molar-refractivity contribution in [2.75, 3.05) is 12.4 Å². The van der Waals surface area contributed by atoms with Gasteiger partial charge in [0.25, 0.3) is 11.5 Å². The fourth-order valence-electron chi connectivity index (χ4n) is 3.42. The van der Waals surface area contributed by atoms with E-state index in [0.29, 0.717) is 33.9 Å². The summed E-state index contributed by atoms with van der Waals surface area (Å²) in [6, 6.07) is 8.26. The zero-order valence-electron chi connectivity index (χ0n) is 19.9. The van der Waals surface area contributed by atoms with Crippen LogP contribution in [0.4, 0.5) is 0 Å². The standard InChI is InChI=1S/C25H29N3O6S/c1-3-5-6-11-28-24(32)20-10-9-17(23(31)26-15-19-8-7-12-34-19)13-21(20)27-25(28)35-16-18(29)14-22(30)33-4-2/h7-10,12-13H,3-6,11,14-16H2,1-2H3,(H,26,31). The number of nitrogens with zero attached hydrogens (tertiary/aromatic N) is 2. The van der Waals surface area contributed by atoms with Crippen LogP contribution in [0.3, 0.4) is 0 Å². The van der Waals surface area contributed by atoms with Crippen LogP contribution >= 0.6 is 11.8 Å². The fourth-order valence-corrected chi connectivity index (χ4v) is 4.31. The predicted octanol–water partition coefficient (Wildman–Crippen LogP) is 3.72. The minimum atomic E-state index is -0.574. The Morgan fingerprint density at radius 2 is 2.00 bits per heavy atom. The number of benzene rings is 1. The van der Waals surface area contributed by atoms with E-state index in [1.54, 1.807) is 41.8 Å². The number of fused-ring (bicyclic) bond motifs is 1. The number of aromatic nitrogens is 2. The SMILES string of the molecule is CCCCCn1c(SCC(=O)CC(=O)OCC)nc2cc(C(=O)NCc3ccco3)ccc2c1=O. The van der Waals surface area contributed by atoms with Gasteiger partial charge in [0.15, 0.2) is 10.9 Å². The van der Waals surface area contributed by atoms with Gasteiger partial charge in [-0.2, -0.15) is 0 Å². The molecule has 2 aromatic heterocycles. The van der Waals surface area contributed by atoms with E-state index in [1.807, 2.05) is 0 Å². The lowest BCUT2D eigenvalue weighted by Gasteiger charge is -2.13. The number of amides is 1. The molecule has 3 aromatic rings. The van der Waals surface area contributed by atoms with Crippen molar-refractivity contribution < 1.29 is 23.5 Å². The molecule has 0 bridgehead atoms. The molecule has 0 saturated heterocycles. The zero-order chi connectivity index (χ0) is 25.2. The third kappa shape index (κ3) is 7.29. The molecule has 3 rings (SSSR count). The van der Waals surface area contributed by atoms with Gasteiger partial charge in [-0.15, -0.1) is 0 Å². The number of Topliss-reactive ketones (excluding diaryl/α,β-unsaturated/α-hetero) is 1. The van der Waals surface area contributed by atoms with Crippen LogP contribution in [-0.2, 0) is 27.4 Å². The molecule has 0 spiro atoms. The lowest BCUT2D eigenvalue weighted by atomic mass is 10.1. The van der Waals surface area contributed by atoms with E-state index in [4.69, 9.17) is 9.15 Å². The molecule has 0 atom stereocenters. The molecular formula is C25H29N3O6S. The van der Waals surface area contributed by atoms with E-state index in [-0.39, 0.29) is 42.6 Å². The highest BCUT2D eigenvalue weighted by molar-refractivity contribution is 7.99. The van der Waals surface area contributed by atoms with E-state index in [0.717, 1.165) is 31.0 Å². The lowest BCUT2D eigenvalue weighted by molar-refractivity contribution is -0.145. The maximum atomic E-state index is 13.3. The molecule has 9 nitrogen and oxygen atoms in total. The van der Waals surface area contributed by atoms with Crippen LogP contribution in [0.25, 0.3) is 10.9 Å². The fraction of sp³-hybridized carbons (Fsp3) is 0.400. The van der Waals surface area contributed by atoms with E-state index in [9.17, 15) is 19.2 Å². The number of hydrogen-bond donors (Lipinski definition) is 1. The summed E-state index contributed by atoms with van der Waals surface area (Å²) < 4.78 is 11.6. The average molecular weight is 500 g/mol. The van der Waals surface area contributed by atoms with Crippen molar-refractivity contribution in [2.24, 2.45) is 0 Å². The number of carbonyl (C=O) groups excluding carboxylic acids is 3. The highest BCUT2D eigenvalue weighted by Crippen LogP contribution is 2.20. The zero-order valence-corrected chi connectivity index (χ0v) is 20.7. The van der Waals surface area contributed by atoms with E-state index < -0.39 is 5.97 Å². The Morgan fingerprint density at radius 3 is 2.71 bits per heavy atom. The van der Waals surface area contributed by atoms with Crippen molar-refractivity contribution in [3.05, 3.63) is 58.3 Å². The second-order valence-corrected chi connectivity index (χ2v) is 8.80. The highest BCUT2D eigenvalue weighted by Gasteiger charge is 2.17. The second kappa shape index (κ2) is 12.9. The molecular weight excluding hydrogens is 470 g/mol. The molecule has 1 amide bonds. The molecule has 186 valence electrons. The quantitative estimate of drug-likeness (QED) is 0.124. The molecule has 0 radical (unpaired) electrons. The summed E-state index contributed by atoms with van der Waals surface area (Å²) >= 11 is 1.11. The monoisotopic (exact) mass is 499 g/mol. The van der Waals surface area contributed by atoms with Gasteiger partial charge >= 0.3 is 5.97 Å². The van der Waals surface area contributed by atoms with E-state index in [1.165, 1.54) is 6.26 Å². The number of nitrogens with one attached hydrogen (secondary N) is 1. The lowest BCUT2D eigenvalue weighted by Crippen LogP contribution is -2.25. The third-order valence-corrected chi connectivity index (χ3v) is 6.22. The number of esters is 1. The van der Waals surface area contributed by atoms with Gasteiger partial charge in [0.05, 0.1) is 36.1 Å². The van der Waals surface area contributed by atoms with Crippen LogP contribution < -0.4 is 10.9 Å². The smallest absolute Gasteiger partial charge is 0.313 e. The number of hydrogen-bond acceptors (Lipinski definition) is 8. The Hall–Kier alpha value is -3.40. The van der Waals surface area contributed by atoms with Crippen LogP contribution in [-0.4, -0.2) is 39.6 Å². The van der Waals surface area contributed by atoms with Crippen LogP contribution in [0.1, 0.15) is 55.6 Å². The minimum absolute atomic E-state index is 0.0200. The number of ether oxygens (including phenoxy) is 1. The van der Waals surface area contributed by atoms with Crippen molar-refractivity contribution in [1.29, 1.82) is 0 Å². The first-order chi connectivity index (χ1) is 16.9.